The number of nitrogens with one attached hydrogen (secondary N) is 1. The number of hydrogen-bond donors (Lipinski definition) is 3. The summed E-state index contributed by atoms with van der Waals surface area (Å²) >= 11 is 0. The fraction of sp³-hybridized carbons (Fsp3) is 0.571. The number of ether oxygens (including phenoxy) is 1. The van der Waals surface area contributed by atoms with E-state index in [1.54, 1.807) is 7.11 Å². The summed E-state index contributed by atoms with van der Waals surface area (Å²) in [7, 11) is 1.63. The maximum Gasteiger partial charge on any atom is 0.126 e. The van der Waals surface area contributed by atoms with Crippen LogP contribution in [0.4, 0.5) is 8.78 Å². The molecule has 0 amide bonds. The largest absolute Gasteiger partial charge is 0.390 e. The molecule has 0 aliphatic carbocycles. The molecule has 1 aromatic carbocycles. The number of hydrogen-bond acceptors (Lipinski definition) is 4. The van der Waals surface area contributed by atoms with E-state index in [4.69, 9.17) is 10.5 Å². The van der Waals surface area contributed by atoms with Crippen molar-refractivity contribution in [3.05, 3.63) is 35.4 Å². The van der Waals surface area contributed by atoms with E-state index in [2.05, 4.69) is 5.32 Å². The van der Waals surface area contributed by atoms with E-state index < -0.39 is 23.8 Å². The van der Waals surface area contributed by atoms with E-state index in [0.29, 0.717) is 25.3 Å². The highest BCUT2D eigenvalue weighted by Crippen LogP contribution is 2.10. The van der Waals surface area contributed by atoms with Gasteiger partial charge in [-0.25, -0.2) is 8.78 Å². The van der Waals surface area contributed by atoms with Crippen LogP contribution in [-0.4, -0.2) is 44.1 Å². The van der Waals surface area contributed by atoms with Crippen LogP contribution in [0.15, 0.2) is 18.2 Å². The van der Waals surface area contributed by atoms with Crippen molar-refractivity contribution in [1.82, 2.24) is 5.32 Å². The third-order valence-corrected chi connectivity index (χ3v) is 2.94. The molecule has 0 unspecified atom stereocenters. The minimum atomic E-state index is -0.774. The number of halogens is 2. The second-order valence-electron chi connectivity index (χ2n) is 4.76. The zero-order valence-corrected chi connectivity index (χ0v) is 11.6. The van der Waals surface area contributed by atoms with Crippen LogP contribution in [0, 0.1) is 11.6 Å². The van der Waals surface area contributed by atoms with Gasteiger partial charge in [0, 0.05) is 32.4 Å². The molecule has 1 rings (SSSR count). The van der Waals surface area contributed by atoms with E-state index in [1.807, 2.05) is 0 Å². The first-order chi connectivity index (χ1) is 9.52. The molecular formula is C14H22F2N2O2. The topological polar surface area (TPSA) is 67.5 Å². The first kappa shape index (κ1) is 17.0. The number of aliphatic hydroxyl groups is 1. The lowest BCUT2D eigenvalue weighted by Gasteiger charge is -2.19. The number of nitrogens with two attached hydrogens (primary N) is 1. The SMILES string of the molecule is COCCCNC[C@@H](O)[C@@H](N)Cc1cc(F)cc(F)c1. The molecule has 0 aliphatic heterocycles. The number of aliphatic hydroxyl groups excluding tert-OH is 1. The third-order valence-electron chi connectivity index (χ3n) is 2.94. The fourth-order valence-corrected chi connectivity index (χ4v) is 1.88. The molecule has 4 N–H and O–H groups in total. The summed E-state index contributed by atoms with van der Waals surface area (Å²) < 4.78 is 31.0. The van der Waals surface area contributed by atoms with Crippen molar-refractivity contribution in [2.24, 2.45) is 5.73 Å². The number of rotatable bonds is 9. The van der Waals surface area contributed by atoms with Crippen molar-refractivity contribution in [3.63, 3.8) is 0 Å². The minimum absolute atomic E-state index is 0.218. The van der Waals surface area contributed by atoms with E-state index >= 15 is 0 Å². The first-order valence-electron chi connectivity index (χ1n) is 6.61. The van der Waals surface area contributed by atoms with Gasteiger partial charge in [-0.05, 0) is 37.1 Å². The average Bonchev–Trinajstić information content (AvgIpc) is 2.36. The Labute approximate surface area is 117 Å². The van der Waals surface area contributed by atoms with Crippen LogP contribution in [0.3, 0.4) is 0 Å². The van der Waals surface area contributed by atoms with Gasteiger partial charge in [-0.3, -0.25) is 0 Å². The van der Waals surface area contributed by atoms with Crippen LogP contribution in [0.2, 0.25) is 0 Å². The highest BCUT2D eigenvalue weighted by atomic mass is 19.1. The molecule has 114 valence electrons. The van der Waals surface area contributed by atoms with Crippen LogP contribution >= 0.6 is 0 Å². The second-order valence-corrected chi connectivity index (χ2v) is 4.76. The van der Waals surface area contributed by atoms with Crippen LogP contribution in [0.25, 0.3) is 0 Å². The maximum atomic E-state index is 13.0. The Morgan fingerprint density at radius 3 is 2.55 bits per heavy atom. The van der Waals surface area contributed by atoms with Crippen molar-refractivity contribution >= 4 is 0 Å². The smallest absolute Gasteiger partial charge is 0.126 e. The molecular weight excluding hydrogens is 266 g/mol. The van der Waals surface area contributed by atoms with E-state index in [1.165, 1.54) is 12.1 Å². The van der Waals surface area contributed by atoms with Gasteiger partial charge in [0.2, 0.25) is 0 Å². The minimum Gasteiger partial charge on any atom is -0.390 e. The third kappa shape index (κ3) is 6.38. The molecule has 4 nitrogen and oxygen atoms in total. The lowest BCUT2D eigenvalue weighted by molar-refractivity contribution is 0.139. The van der Waals surface area contributed by atoms with Gasteiger partial charge in [0.05, 0.1) is 6.10 Å². The summed E-state index contributed by atoms with van der Waals surface area (Å²) in [6.45, 7) is 1.70. The molecule has 0 radical (unpaired) electrons. The van der Waals surface area contributed by atoms with E-state index in [9.17, 15) is 13.9 Å². The second kappa shape index (κ2) is 8.97. The molecule has 1 aromatic rings. The average molecular weight is 288 g/mol. The molecule has 0 spiro atoms. The molecule has 0 aliphatic rings. The predicted molar refractivity (Wildman–Crippen MR) is 73.4 cm³/mol. The summed E-state index contributed by atoms with van der Waals surface area (Å²) in [4.78, 5) is 0. The molecule has 2 atom stereocenters. The van der Waals surface area contributed by atoms with Crippen LogP contribution in [0.5, 0.6) is 0 Å². The maximum absolute atomic E-state index is 13.0. The number of methoxy groups -OCH3 is 1. The lowest BCUT2D eigenvalue weighted by Crippen LogP contribution is -2.43. The first-order valence-corrected chi connectivity index (χ1v) is 6.61. The number of benzene rings is 1. The standard InChI is InChI=1S/C14H22F2N2O2/c1-20-4-2-3-18-9-14(19)13(17)7-10-5-11(15)8-12(16)6-10/h5-6,8,13-14,18-19H,2-4,7,9,17H2,1H3/t13-,14+/m0/s1. The monoisotopic (exact) mass is 288 g/mol. The zero-order valence-electron chi connectivity index (χ0n) is 11.6. The van der Waals surface area contributed by atoms with Gasteiger partial charge in [0.15, 0.2) is 0 Å². The quantitative estimate of drug-likeness (QED) is 0.589. The Morgan fingerprint density at radius 1 is 1.30 bits per heavy atom. The summed E-state index contributed by atoms with van der Waals surface area (Å²) in [6.07, 6.45) is 0.285. The predicted octanol–water partition coefficient (Wildman–Crippen LogP) is 0.822. The van der Waals surface area contributed by atoms with Crippen LogP contribution < -0.4 is 11.1 Å². The molecule has 0 fully saturated rings. The normalized spacial score (nSPS) is 14.2. The van der Waals surface area contributed by atoms with Gasteiger partial charge in [0.25, 0.3) is 0 Å². The summed E-state index contributed by atoms with van der Waals surface area (Å²) in [5.74, 6) is -1.28. The van der Waals surface area contributed by atoms with Gasteiger partial charge in [0.1, 0.15) is 11.6 Å². The van der Waals surface area contributed by atoms with Crippen molar-refractivity contribution in [3.8, 4) is 0 Å². The van der Waals surface area contributed by atoms with Gasteiger partial charge in [-0.15, -0.1) is 0 Å². The Bertz CT molecular complexity index is 385. The lowest BCUT2D eigenvalue weighted by atomic mass is 10.0. The highest BCUT2D eigenvalue weighted by Gasteiger charge is 2.15. The fourth-order valence-electron chi connectivity index (χ4n) is 1.88. The Kier molecular flexibility index (Phi) is 7.61. The Hall–Kier alpha value is -1.08. The summed E-state index contributed by atoms with van der Waals surface area (Å²) in [6, 6.07) is 2.68. The molecule has 0 bridgehead atoms. The molecule has 0 saturated carbocycles. The summed E-state index contributed by atoms with van der Waals surface area (Å²) in [5.41, 5.74) is 6.27. The summed E-state index contributed by atoms with van der Waals surface area (Å²) in [5, 5.41) is 12.9. The zero-order chi connectivity index (χ0) is 15.0. The van der Waals surface area contributed by atoms with E-state index in [0.717, 1.165) is 12.5 Å². The van der Waals surface area contributed by atoms with E-state index in [-0.39, 0.29) is 6.42 Å². The van der Waals surface area contributed by atoms with Crippen molar-refractivity contribution < 1.29 is 18.6 Å². The van der Waals surface area contributed by atoms with Gasteiger partial charge in [-0.1, -0.05) is 0 Å². The van der Waals surface area contributed by atoms with Gasteiger partial charge >= 0.3 is 0 Å². The van der Waals surface area contributed by atoms with Crippen molar-refractivity contribution in [2.75, 3.05) is 26.8 Å². The van der Waals surface area contributed by atoms with Crippen LogP contribution in [-0.2, 0) is 11.2 Å². The Balaban J connectivity index is 2.35. The van der Waals surface area contributed by atoms with Crippen LogP contribution in [0.1, 0.15) is 12.0 Å². The van der Waals surface area contributed by atoms with Gasteiger partial charge in [-0.2, -0.15) is 0 Å². The van der Waals surface area contributed by atoms with Crippen molar-refractivity contribution in [2.45, 2.75) is 25.0 Å². The molecule has 20 heavy (non-hydrogen) atoms. The molecule has 0 heterocycles. The Morgan fingerprint density at radius 2 is 1.95 bits per heavy atom. The molecule has 6 heteroatoms. The molecule has 0 saturated heterocycles. The highest BCUT2D eigenvalue weighted by molar-refractivity contribution is 5.19. The molecule has 0 aromatic heterocycles. The van der Waals surface area contributed by atoms with Crippen molar-refractivity contribution in [1.29, 1.82) is 0 Å². The van der Waals surface area contributed by atoms with Gasteiger partial charge < -0.3 is 20.9 Å².